The summed E-state index contributed by atoms with van der Waals surface area (Å²) in [4.78, 5) is 13.6. The molecule has 5 heteroatoms. The van der Waals surface area contributed by atoms with Gasteiger partial charge in [0.05, 0.1) is 0 Å². The first-order valence-corrected chi connectivity index (χ1v) is 7.94. The van der Waals surface area contributed by atoms with Crippen LogP contribution in [0.1, 0.15) is 25.5 Å². The Morgan fingerprint density at radius 1 is 1.35 bits per heavy atom. The summed E-state index contributed by atoms with van der Waals surface area (Å²) in [5.41, 5.74) is 1.29. The van der Waals surface area contributed by atoms with Crippen molar-refractivity contribution in [1.82, 2.24) is 14.9 Å². The van der Waals surface area contributed by atoms with Crippen LogP contribution in [0.15, 0.2) is 36.1 Å². The minimum absolute atomic E-state index is 0.421. The molecule has 2 atom stereocenters. The van der Waals surface area contributed by atoms with E-state index >= 15 is 0 Å². The van der Waals surface area contributed by atoms with Gasteiger partial charge in [-0.3, -0.25) is 9.88 Å². The molecule has 1 aliphatic rings. The van der Waals surface area contributed by atoms with E-state index in [0.717, 1.165) is 24.8 Å². The molecule has 0 radical (unpaired) electrons. The Morgan fingerprint density at radius 3 is 2.90 bits per heavy atom. The van der Waals surface area contributed by atoms with Crippen molar-refractivity contribution in [3.8, 4) is 0 Å². The molecule has 0 spiro atoms. The van der Waals surface area contributed by atoms with E-state index in [4.69, 9.17) is 0 Å². The molecule has 0 aromatic carbocycles. The van der Waals surface area contributed by atoms with E-state index in [1.807, 2.05) is 30.0 Å². The Bertz CT molecular complexity index is 528. The Balaban J connectivity index is 1.68. The largest absolute Gasteiger partial charge is 0.343 e. The normalized spacial score (nSPS) is 21.9. The highest BCUT2D eigenvalue weighted by Gasteiger charge is 2.28. The molecular weight excluding hydrogens is 268 g/mol. The van der Waals surface area contributed by atoms with Gasteiger partial charge in [0.1, 0.15) is 0 Å². The van der Waals surface area contributed by atoms with E-state index in [0.29, 0.717) is 12.1 Å². The zero-order valence-corrected chi connectivity index (χ0v) is 12.8. The second-order valence-corrected chi connectivity index (χ2v) is 6.19. The summed E-state index contributed by atoms with van der Waals surface area (Å²) in [6, 6.07) is 5.09. The zero-order valence-electron chi connectivity index (χ0n) is 11.9. The van der Waals surface area contributed by atoms with Crippen molar-refractivity contribution < 1.29 is 0 Å². The maximum atomic E-state index is 4.43. The highest BCUT2D eigenvalue weighted by atomic mass is 32.1. The molecule has 0 saturated carbocycles. The Hall–Kier alpha value is -1.46. The van der Waals surface area contributed by atoms with E-state index in [1.54, 1.807) is 11.3 Å². The molecule has 1 saturated heterocycles. The summed E-state index contributed by atoms with van der Waals surface area (Å²) in [5, 5.41) is 3.19. The maximum absolute atomic E-state index is 4.43. The second-order valence-electron chi connectivity index (χ2n) is 5.31. The summed E-state index contributed by atoms with van der Waals surface area (Å²) < 4.78 is 0. The number of nitrogens with zero attached hydrogens (tertiary/aromatic N) is 4. The molecule has 1 fully saturated rings. The van der Waals surface area contributed by atoms with Crippen LogP contribution in [-0.2, 0) is 0 Å². The quantitative estimate of drug-likeness (QED) is 0.869. The van der Waals surface area contributed by atoms with Gasteiger partial charge < -0.3 is 4.90 Å². The molecule has 3 heterocycles. The second kappa shape index (κ2) is 5.89. The van der Waals surface area contributed by atoms with E-state index in [1.165, 1.54) is 5.56 Å². The SMILES string of the molecule is C[C@H](c1cccnc1)N1CCN(c2nccs2)[C@H](C)C1. The highest BCUT2D eigenvalue weighted by Crippen LogP contribution is 2.27. The molecule has 106 valence electrons. The van der Waals surface area contributed by atoms with E-state index < -0.39 is 0 Å². The van der Waals surface area contributed by atoms with Gasteiger partial charge in [-0.05, 0) is 25.5 Å². The average molecular weight is 288 g/mol. The minimum Gasteiger partial charge on any atom is -0.343 e. The number of anilines is 1. The molecule has 1 aliphatic heterocycles. The maximum Gasteiger partial charge on any atom is 0.185 e. The highest BCUT2D eigenvalue weighted by molar-refractivity contribution is 7.13. The lowest BCUT2D eigenvalue weighted by atomic mass is 10.1. The average Bonchev–Trinajstić information content (AvgIpc) is 3.01. The molecule has 2 aromatic rings. The lowest BCUT2D eigenvalue weighted by Crippen LogP contribution is -2.52. The first-order valence-electron chi connectivity index (χ1n) is 7.06. The molecule has 20 heavy (non-hydrogen) atoms. The van der Waals surface area contributed by atoms with Crippen LogP contribution in [0.5, 0.6) is 0 Å². The molecule has 3 rings (SSSR count). The first-order chi connectivity index (χ1) is 9.75. The van der Waals surface area contributed by atoms with Crippen LogP contribution in [0.25, 0.3) is 0 Å². The summed E-state index contributed by atoms with van der Waals surface area (Å²) >= 11 is 1.73. The molecule has 0 aliphatic carbocycles. The molecule has 2 aromatic heterocycles. The van der Waals surface area contributed by atoms with Gasteiger partial charge in [-0.2, -0.15) is 0 Å². The molecule has 0 N–H and O–H groups in total. The number of thiazole rings is 1. The Morgan fingerprint density at radius 2 is 2.25 bits per heavy atom. The smallest absolute Gasteiger partial charge is 0.185 e. The third-order valence-corrected chi connectivity index (χ3v) is 4.85. The number of hydrogen-bond donors (Lipinski definition) is 0. The van der Waals surface area contributed by atoms with Crippen molar-refractivity contribution in [2.24, 2.45) is 0 Å². The molecule has 0 unspecified atom stereocenters. The van der Waals surface area contributed by atoms with Crippen molar-refractivity contribution in [1.29, 1.82) is 0 Å². The van der Waals surface area contributed by atoms with Gasteiger partial charge in [-0.1, -0.05) is 6.07 Å². The van der Waals surface area contributed by atoms with Crippen LogP contribution in [0, 0.1) is 0 Å². The fraction of sp³-hybridized carbons (Fsp3) is 0.467. The minimum atomic E-state index is 0.421. The number of hydrogen-bond acceptors (Lipinski definition) is 5. The molecular formula is C15H20N4S. The number of rotatable bonds is 3. The third-order valence-electron chi connectivity index (χ3n) is 4.04. The fourth-order valence-corrected chi connectivity index (χ4v) is 3.59. The third kappa shape index (κ3) is 2.69. The monoisotopic (exact) mass is 288 g/mol. The van der Waals surface area contributed by atoms with Gasteiger partial charge in [-0.25, -0.2) is 4.98 Å². The van der Waals surface area contributed by atoms with Crippen LogP contribution in [0.3, 0.4) is 0 Å². The van der Waals surface area contributed by atoms with Crippen LogP contribution in [-0.4, -0.2) is 40.5 Å². The lowest BCUT2D eigenvalue weighted by molar-refractivity contribution is 0.175. The standard InChI is InChI=1S/C15H20N4S/c1-12-11-18(13(2)14-4-3-5-16-10-14)7-8-19(12)15-17-6-9-20-15/h3-6,9-10,12-13H,7-8,11H2,1-2H3/t12-,13-/m1/s1. The van der Waals surface area contributed by atoms with Crippen molar-refractivity contribution in [3.63, 3.8) is 0 Å². The van der Waals surface area contributed by atoms with E-state index in [2.05, 4.69) is 39.7 Å². The van der Waals surface area contributed by atoms with Gasteiger partial charge in [0.2, 0.25) is 0 Å². The van der Waals surface area contributed by atoms with Gasteiger partial charge >= 0.3 is 0 Å². The van der Waals surface area contributed by atoms with Crippen molar-refractivity contribution in [2.75, 3.05) is 24.5 Å². The van der Waals surface area contributed by atoms with E-state index in [9.17, 15) is 0 Å². The summed E-state index contributed by atoms with van der Waals surface area (Å²) in [6.45, 7) is 7.72. The first kappa shape index (κ1) is 13.5. The number of aromatic nitrogens is 2. The van der Waals surface area contributed by atoms with Crippen LogP contribution in [0.4, 0.5) is 5.13 Å². The van der Waals surface area contributed by atoms with Gasteiger partial charge in [0.25, 0.3) is 0 Å². The number of piperazine rings is 1. The summed E-state index contributed by atoms with van der Waals surface area (Å²) in [7, 11) is 0. The fourth-order valence-electron chi connectivity index (χ4n) is 2.81. The van der Waals surface area contributed by atoms with Crippen LogP contribution >= 0.6 is 11.3 Å². The van der Waals surface area contributed by atoms with Crippen LogP contribution < -0.4 is 4.90 Å². The van der Waals surface area contributed by atoms with Crippen molar-refractivity contribution in [2.45, 2.75) is 25.9 Å². The predicted molar refractivity (Wildman–Crippen MR) is 83.1 cm³/mol. The molecule has 4 nitrogen and oxygen atoms in total. The van der Waals surface area contributed by atoms with Gasteiger partial charge in [-0.15, -0.1) is 11.3 Å². The molecule has 0 bridgehead atoms. The van der Waals surface area contributed by atoms with Gasteiger partial charge in [0.15, 0.2) is 5.13 Å². The lowest BCUT2D eigenvalue weighted by Gasteiger charge is -2.42. The van der Waals surface area contributed by atoms with E-state index in [-0.39, 0.29) is 0 Å². The van der Waals surface area contributed by atoms with Crippen molar-refractivity contribution >= 4 is 16.5 Å². The number of pyridine rings is 1. The van der Waals surface area contributed by atoms with Crippen molar-refractivity contribution in [3.05, 3.63) is 41.7 Å². The Kier molecular flexibility index (Phi) is 3.98. The predicted octanol–water partition coefficient (Wildman–Crippen LogP) is 2.81. The molecule has 0 amide bonds. The summed E-state index contributed by atoms with van der Waals surface area (Å²) in [6.07, 6.45) is 5.69. The topological polar surface area (TPSA) is 32.3 Å². The summed E-state index contributed by atoms with van der Waals surface area (Å²) in [5.74, 6) is 0. The zero-order chi connectivity index (χ0) is 13.9. The van der Waals surface area contributed by atoms with Gasteiger partial charge in [0, 0.05) is 55.7 Å². The Labute approximate surface area is 124 Å². The van der Waals surface area contributed by atoms with Crippen LogP contribution in [0.2, 0.25) is 0 Å².